The van der Waals surface area contributed by atoms with Crippen LogP contribution in [0.25, 0.3) is 11.5 Å². The molecular formula is C12H11ClN6OS. The first-order chi connectivity index (χ1) is 10.3. The van der Waals surface area contributed by atoms with Crippen molar-refractivity contribution in [3.8, 4) is 11.5 Å². The van der Waals surface area contributed by atoms with E-state index >= 15 is 0 Å². The SMILES string of the molecule is CCn1nnnc1SCc1noc(-c2ccccc2Cl)n1. The van der Waals surface area contributed by atoms with Gasteiger partial charge in [-0.15, -0.1) is 5.10 Å². The van der Waals surface area contributed by atoms with Gasteiger partial charge >= 0.3 is 0 Å². The van der Waals surface area contributed by atoms with Crippen LogP contribution in [-0.2, 0) is 12.3 Å². The number of aryl methyl sites for hydroxylation is 1. The quantitative estimate of drug-likeness (QED) is 0.668. The van der Waals surface area contributed by atoms with E-state index in [-0.39, 0.29) is 0 Å². The van der Waals surface area contributed by atoms with Crippen molar-refractivity contribution in [3.63, 3.8) is 0 Å². The summed E-state index contributed by atoms with van der Waals surface area (Å²) < 4.78 is 6.95. The van der Waals surface area contributed by atoms with Crippen molar-refractivity contribution in [1.29, 1.82) is 0 Å². The maximum atomic E-state index is 6.10. The first kappa shape index (κ1) is 14.0. The Hall–Kier alpha value is -1.93. The molecule has 9 heteroatoms. The van der Waals surface area contributed by atoms with Crippen LogP contribution in [0.4, 0.5) is 0 Å². The zero-order valence-corrected chi connectivity index (χ0v) is 12.7. The maximum absolute atomic E-state index is 6.10. The van der Waals surface area contributed by atoms with Gasteiger partial charge in [-0.2, -0.15) is 4.98 Å². The van der Waals surface area contributed by atoms with Gasteiger partial charge in [-0.1, -0.05) is 40.7 Å². The van der Waals surface area contributed by atoms with Crippen LogP contribution in [-0.4, -0.2) is 30.3 Å². The van der Waals surface area contributed by atoms with Crippen molar-refractivity contribution in [3.05, 3.63) is 35.1 Å². The van der Waals surface area contributed by atoms with Crippen molar-refractivity contribution in [2.75, 3.05) is 0 Å². The van der Waals surface area contributed by atoms with Crippen LogP contribution in [0.15, 0.2) is 33.9 Å². The standard InChI is InChI=1S/C12H11ClN6OS/c1-2-19-12(15-17-18-19)21-7-10-14-11(20-16-10)8-5-3-4-6-9(8)13/h3-6H,2,7H2,1H3. The van der Waals surface area contributed by atoms with Crippen molar-refractivity contribution in [2.24, 2.45) is 0 Å². The number of halogens is 1. The zero-order chi connectivity index (χ0) is 14.7. The summed E-state index contributed by atoms with van der Waals surface area (Å²) in [6.45, 7) is 2.69. The Labute approximate surface area is 129 Å². The highest BCUT2D eigenvalue weighted by Gasteiger charge is 2.13. The van der Waals surface area contributed by atoms with Gasteiger partial charge in [0.05, 0.1) is 16.3 Å². The van der Waals surface area contributed by atoms with Gasteiger partial charge in [-0.05, 0) is 29.5 Å². The second-order valence-electron chi connectivity index (χ2n) is 4.06. The molecule has 0 N–H and O–H groups in total. The topological polar surface area (TPSA) is 82.5 Å². The Morgan fingerprint density at radius 2 is 2.19 bits per heavy atom. The summed E-state index contributed by atoms with van der Waals surface area (Å²) in [5.74, 6) is 1.50. The zero-order valence-electron chi connectivity index (χ0n) is 11.1. The van der Waals surface area contributed by atoms with Crippen LogP contribution >= 0.6 is 23.4 Å². The van der Waals surface area contributed by atoms with Crippen LogP contribution < -0.4 is 0 Å². The van der Waals surface area contributed by atoms with Crippen LogP contribution in [0.2, 0.25) is 5.02 Å². The highest BCUT2D eigenvalue weighted by Crippen LogP contribution is 2.27. The summed E-state index contributed by atoms with van der Waals surface area (Å²) in [6.07, 6.45) is 0. The van der Waals surface area contributed by atoms with Gasteiger partial charge < -0.3 is 4.52 Å². The molecule has 0 amide bonds. The van der Waals surface area contributed by atoms with Crippen LogP contribution in [0.5, 0.6) is 0 Å². The van der Waals surface area contributed by atoms with E-state index in [0.29, 0.717) is 29.0 Å². The third-order valence-electron chi connectivity index (χ3n) is 2.70. The lowest BCUT2D eigenvalue weighted by Crippen LogP contribution is -1.99. The summed E-state index contributed by atoms with van der Waals surface area (Å²) in [5, 5.41) is 16.7. The molecule has 0 unspecified atom stereocenters. The monoisotopic (exact) mass is 322 g/mol. The largest absolute Gasteiger partial charge is 0.334 e. The van der Waals surface area contributed by atoms with Gasteiger partial charge in [0.1, 0.15) is 0 Å². The van der Waals surface area contributed by atoms with Crippen LogP contribution in [0.1, 0.15) is 12.7 Å². The summed E-state index contributed by atoms with van der Waals surface area (Å²) in [7, 11) is 0. The normalized spacial score (nSPS) is 11.0. The average Bonchev–Trinajstić information content (AvgIpc) is 3.14. The number of aromatic nitrogens is 6. The van der Waals surface area contributed by atoms with Gasteiger partial charge in [-0.25, -0.2) is 4.68 Å². The minimum absolute atomic E-state index is 0.409. The fourth-order valence-electron chi connectivity index (χ4n) is 1.68. The predicted octanol–water partition coefficient (Wildman–Crippen LogP) is 2.69. The number of thioether (sulfide) groups is 1. The first-order valence-corrected chi connectivity index (χ1v) is 7.60. The molecule has 108 valence electrons. The Morgan fingerprint density at radius 1 is 1.33 bits per heavy atom. The van der Waals surface area contributed by atoms with Crippen LogP contribution in [0, 0.1) is 0 Å². The molecule has 0 saturated heterocycles. The van der Waals surface area contributed by atoms with Gasteiger partial charge in [0.25, 0.3) is 5.89 Å². The minimum Gasteiger partial charge on any atom is -0.334 e. The molecule has 2 heterocycles. The van der Waals surface area contributed by atoms with Gasteiger partial charge in [-0.3, -0.25) is 0 Å². The smallest absolute Gasteiger partial charge is 0.259 e. The first-order valence-electron chi connectivity index (χ1n) is 6.24. The molecule has 3 aromatic rings. The second kappa shape index (κ2) is 6.23. The Kier molecular flexibility index (Phi) is 4.16. The molecule has 0 aliphatic rings. The molecule has 0 aliphatic carbocycles. The van der Waals surface area contributed by atoms with Crippen molar-refractivity contribution >= 4 is 23.4 Å². The van der Waals surface area contributed by atoms with Crippen LogP contribution in [0.3, 0.4) is 0 Å². The van der Waals surface area contributed by atoms with E-state index in [4.69, 9.17) is 16.1 Å². The van der Waals surface area contributed by atoms with E-state index in [0.717, 1.165) is 10.7 Å². The molecule has 7 nitrogen and oxygen atoms in total. The van der Waals surface area contributed by atoms with E-state index < -0.39 is 0 Å². The lowest BCUT2D eigenvalue weighted by molar-refractivity contribution is 0.425. The number of benzene rings is 1. The highest BCUT2D eigenvalue weighted by atomic mass is 35.5. The molecule has 0 bridgehead atoms. The van der Waals surface area contributed by atoms with E-state index in [1.54, 1.807) is 10.7 Å². The van der Waals surface area contributed by atoms with Crippen molar-refractivity contribution in [2.45, 2.75) is 24.4 Å². The highest BCUT2D eigenvalue weighted by molar-refractivity contribution is 7.98. The summed E-state index contributed by atoms with van der Waals surface area (Å²) >= 11 is 7.56. The van der Waals surface area contributed by atoms with E-state index in [1.807, 2.05) is 25.1 Å². The van der Waals surface area contributed by atoms with E-state index in [1.165, 1.54) is 11.8 Å². The van der Waals surface area contributed by atoms with E-state index in [2.05, 4.69) is 25.7 Å². The Morgan fingerprint density at radius 3 is 3.00 bits per heavy atom. The molecular weight excluding hydrogens is 312 g/mol. The molecule has 0 saturated carbocycles. The second-order valence-corrected chi connectivity index (χ2v) is 5.41. The van der Waals surface area contributed by atoms with Crippen molar-refractivity contribution < 1.29 is 4.52 Å². The molecule has 21 heavy (non-hydrogen) atoms. The number of hydrogen-bond acceptors (Lipinski definition) is 7. The molecule has 0 atom stereocenters. The molecule has 1 aromatic carbocycles. The lowest BCUT2D eigenvalue weighted by Gasteiger charge is -1.97. The predicted molar refractivity (Wildman–Crippen MR) is 77.8 cm³/mol. The summed E-state index contributed by atoms with van der Waals surface area (Å²) in [6, 6.07) is 7.34. The van der Waals surface area contributed by atoms with Crippen molar-refractivity contribution in [1.82, 2.24) is 30.3 Å². The molecule has 3 rings (SSSR count). The molecule has 0 radical (unpaired) electrons. The minimum atomic E-state index is 0.409. The third-order valence-corrected chi connectivity index (χ3v) is 3.98. The molecule has 0 aliphatic heterocycles. The van der Waals surface area contributed by atoms with Gasteiger partial charge in [0.15, 0.2) is 5.82 Å². The number of tetrazole rings is 1. The van der Waals surface area contributed by atoms with E-state index in [9.17, 15) is 0 Å². The fourth-order valence-corrected chi connectivity index (χ4v) is 2.68. The Bertz CT molecular complexity index is 743. The third kappa shape index (κ3) is 3.06. The van der Waals surface area contributed by atoms with Gasteiger partial charge in [0.2, 0.25) is 5.16 Å². The molecule has 0 fully saturated rings. The number of rotatable bonds is 5. The average molecular weight is 323 g/mol. The molecule has 0 spiro atoms. The summed E-state index contributed by atoms with van der Waals surface area (Å²) in [5.41, 5.74) is 0.723. The fraction of sp³-hybridized carbons (Fsp3) is 0.250. The van der Waals surface area contributed by atoms with Gasteiger partial charge in [0, 0.05) is 6.54 Å². The summed E-state index contributed by atoms with van der Waals surface area (Å²) in [4.78, 5) is 4.34. The lowest BCUT2D eigenvalue weighted by atomic mass is 10.2. The Balaban J connectivity index is 1.73. The number of hydrogen-bond donors (Lipinski definition) is 0. The molecule has 2 aromatic heterocycles. The maximum Gasteiger partial charge on any atom is 0.259 e. The number of nitrogens with zero attached hydrogens (tertiary/aromatic N) is 6.